The van der Waals surface area contributed by atoms with Crippen LogP contribution in [0.5, 0.6) is 5.75 Å². The van der Waals surface area contributed by atoms with Gasteiger partial charge in [0.1, 0.15) is 5.75 Å². The van der Waals surface area contributed by atoms with E-state index in [0.29, 0.717) is 0 Å². The second kappa shape index (κ2) is 7.17. The van der Waals surface area contributed by atoms with Crippen LogP contribution in [0.1, 0.15) is 63.3 Å². The Morgan fingerprint density at radius 1 is 1.30 bits per heavy atom. The van der Waals surface area contributed by atoms with Gasteiger partial charge in [0.05, 0.1) is 16.5 Å². The number of benzene rings is 1. The van der Waals surface area contributed by atoms with Gasteiger partial charge in [-0.3, -0.25) is 0 Å². The zero-order valence-electron chi connectivity index (χ0n) is 12.4. The first kappa shape index (κ1) is 16.2. The van der Waals surface area contributed by atoms with Gasteiger partial charge in [-0.2, -0.15) is 0 Å². The molecule has 0 aromatic heterocycles. The summed E-state index contributed by atoms with van der Waals surface area (Å²) >= 11 is 10.4. The van der Waals surface area contributed by atoms with E-state index in [2.05, 4.69) is 41.9 Å². The molecule has 2 rings (SSSR count). The monoisotopic (exact) mass is 358 g/mol. The molecule has 1 aliphatic carbocycles. The maximum Gasteiger partial charge on any atom is 0.133 e. The standard InChI is InChI=1S/C17H24BrClO/c1-3-11-20-15-8-7-13(12-14(15)18)16(19)17(4-2)9-5-6-10-17/h7-8,12,16H,3-6,9-11H2,1-2H3. The Kier molecular flexibility index (Phi) is 5.80. The lowest BCUT2D eigenvalue weighted by Crippen LogP contribution is -2.21. The zero-order chi connectivity index (χ0) is 14.6. The summed E-state index contributed by atoms with van der Waals surface area (Å²) < 4.78 is 6.72. The molecule has 0 radical (unpaired) electrons. The average molecular weight is 360 g/mol. The molecular formula is C17H24BrClO. The van der Waals surface area contributed by atoms with Crippen molar-refractivity contribution in [2.75, 3.05) is 6.61 Å². The van der Waals surface area contributed by atoms with E-state index in [1.54, 1.807) is 0 Å². The summed E-state index contributed by atoms with van der Waals surface area (Å²) in [7, 11) is 0. The molecule has 1 aliphatic rings. The third-order valence-corrected chi connectivity index (χ3v) is 5.89. The van der Waals surface area contributed by atoms with Crippen LogP contribution in [0.15, 0.2) is 22.7 Å². The van der Waals surface area contributed by atoms with E-state index in [9.17, 15) is 0 Å². The number of halogens is 2. The van der Waals surface area contributed by atoms with Crippen molar-refractivity contribution in [3.05, 3.63) is 28.2 Å². The minimum absolute atomic E-state index is 0.103. The van der Waals surface area contributed by atoms with Gasteiger partial charge in [0.15, 0.2) is 0 Å². The molecule has 0 saturated heterocycles. The maximum atomic E-state index is 6.84. The summed E-state index contributed by atoms with van der Waals surface area (Å²) in [6.45, 7) is 5.14. The van der Waals surface area contributed by atoms with Crippen LogP contribution < -0.4 is 4.74 Å². The van der Waals surface area contributed by atoms with Crippen molar-refractivity contribution >= 4 is 27.5 Å². The van der Waals surface area contributed by atoms with E-state index < -0.39 is 0 Å². The summed E-state index contributed by atoms with van der Waals surface area (Å²) in [5.74, 6) is 0.913. The largest absolute Gasteiger partial charge is 0.492 e. The third-order valence-electron chi connectivity index (χ3n) is 4.55. The van der Waals surface area contributed by atoms with Gasteiger partial charge in [-0.15, -0.1) is 11.6 Å². The molecule has 1 aromatic rings. The van der Waals surface area contributed by atoms with Gasteiger partial charge in [0.2, 0.25) is 0 Å². The lowest BCUT2D eigenvalue weighted by atomic mass is 9.77. The third kappa shape index (κ3) is 3.33. The molecule has 1 atom stereocenters. The average Bonchev–Trinajstić information content (AvgIpc) is 2.95. The minimum atomic E-state index is 0.103. The van der Waals surface area contributed by atoms with Gasteiger partial charge >= 0.3 is 0 Å². The van der Waals surface area contributed by atoms with E-state index in [0.717, 1.165) is 29.7 Å². The van der Waals surface area contributed by atoms with Crippen molar-refractivity contribution in [2.45, 2.75) is 57.7 Å². The van der Waals surface area contributed by atoms with Crippen LogP contribution in [-0.2, 0) is 0 Å². The molecule has 112 valence electrons. The van der Waals surface area contributed by atoms with Gasteiger partial charge in [0.25, 0.3) is 0 Å². The number of rotatable bonds is 6. The first-order chi connectivity index (χ1) is 9.63. The highest BCUT2D eigenvalue weighted by Gasteiger charge is 2.39. The molecule has 1 unspecified atom stereocenters. The van der Waals surface area contributed by atoms with Gasteiger partial charge < -0.3 is 4.74 Å². The summed E-state index contributed by atoms with van der Waals surface area (Å²) in [4.78, 5) is 0. The molecule has 0 aliphatic heterocycles. The van der Waals surface area contributed by atoms with Crippen LogP contribution >= 0.6 is 27.5 Å². The Morgan fingerprint density at radius 3 is 2.55 bits per heavy atom. The van der Waals surface area contributed by atoms with Crippen LogP contribution in [0.3, 0.4) is 0 Å². The summed E-state index contributed by atoms with van der Waals surface area (Å²) in [6, 6.07) is 6.31. The first-order valence-electron chi connectivity index (χ1n) is 7.69. The SMILES string of the molecule is CCCOc1ccc(C(Cl)C2(CC)CCCC2)cc1Br. The molecule has 1 nitrogen and oxygen atoms in total. The molecular weight excluding hydrogens is 336 g/mol. The normalized spacial score (nSPS) is 19.0. The van der Waals surface area contributed by atoms with Gasteiger partial charge in [-0.1, -0.05) is 32.8 Å². The van der Waals surface area contributed by atoms with E-state index in [-0.39, 0.29) is 10.8 Å². The molecule has 0 heterocycles. The van der Waals surface area contributed by atoms with Crippen molar-refractivity contribution in [1.82, 2.24) is 0 Å². The van der Waals surface area contributed by atoms with Crippen LogP contribution in [-0.4, -0.2) is 6.61 Å². The van der Waals surface area contributed by atoms with E-state index in [4.69, 9.17) is 16.3 Å². The Hall–Kier alpha value is -0.210. The van der Waals surface area contributed by atoms with Gasteiger partial charge in [-0.05, 0) is 64.7 Å². The molecule has 0 bridgehead atoms. The Labute approximate surface area is 136 Å². The van der Waals surface area contributed by atoms with E-state index >= 15 is 0 Å². The predicted octanol–water partition coefficient (Wildman–Crippen LogP) is 6.49. The van der Waals surface area contributed by atoms with Crippen molar-refractivity contribution in [1.29, 1.82) is 0 Å². The fourth-order valence-electron chi connectivity index (χ4n) is 3.22. The number of hydrogen-bond acceptors (Lipinski definition) is 1. The number of hydrogen-bond donors (Lipinski definition) is 0. The first-order valence-corrected chi connectivity index (χ1v) is 8.92. The summed E-state index contributed by atoms with van der Waals surface area (Å²) in [5, 5.41) is 0.103. The quantitative estimate of drug-likeness (QED) is 0.527. The van der Waals surface area contributed by atoms with E-state index in [1.807, 2.05) is 6.07 Å². The highest BCUT2D eigenvalue weighted by Crippen LogP contribution is 2.53. The second-order valence-electron chi connectivity index (χ2n) is 5.82. The van der Waals surface area contributed by atoms with Crippen LogP contribution in [0.2, 0.25) is 0 Å². The Balaban J connectivity index is 2.18. The van der Waals surface area contributed by atoms with Crippen molar-refractivity contribution in [3.63, 3.8) is 0 Å². The van der Waals surface area contributed by atoms with Crippen molar-refractivity contribution < 1.29 is 4.74 Å². The molecule has 1 aromatic carbocycles. The topological polar surface area (TPSA) is 9.23 Å². The van der Waals surface area contributed by atoms with E-state index in [1.165, 1.54) is 31.2 Å². The Morgan fingerprint density at radius 2 is 2.00 bits per heavy atom. The number of alkyl halides is 1. The lowest BCUT2D eigenvalue weighted by molar-refractivity contribution is 0.270. The second-order valence-corrected chi connectivity index (χ2v) is 7.11. The molecule has 1 saturated carbocycles. The molecule has 1 fully saturated rings. The van der Waals surface area contributed by atoms with Gasteiger partial charge in [0, 0.05) is 0 Å². The Bertz CT molecular complexity index is 441. The number of ether oxygens (including phenoxy) is 1. The summed E-state index contributed by atoms with van der Waals surface area (Å²) in [6.07, 6.45) is 7.32. The highest BCUT2D eigenvalue weighted by atomic mass is 79.9. The van der Waals surface area contributed by atoms with Crippen LogP contribution in [0.4, 0.5) is 0 Å². The summed E-state index contributed by atoms with van der Waals surface area (Å²) in [5.41, 5.74) is 1.50. The highest BCUT2D eigenvalue weighted by molar-refractivity contribution is 9.10. The van der Waals surface area contributed by atoms with Crippen molar-refractivity contribution in [2.24, 2.45) is 5.41 Å². The molecule has 3 heteroatoms. The van der Waals surface area contributed by atoms with Crippen LogP contribution in [0, 0.1) is 5.41 Å². The molecule has 0 spiro atoms. The molecule has 0 amide bonds. The fourth-order valence-corrected chi connectivity index (χ4v) is 4.24. The van der Waals surface area contributed by atoms with Crippen LogP contribution in [0.25, 0.3) is 0 Å². The van der Waals surface area contributed by atoms with Crippen molar-refractivity contribution in [3.8, 4) is 5.75 Å². The maximum absolute atomic E-state index is 6.84. The smallest absolute Gasteiger partial charge is 0.133 e. The molecule has 0 N–H and O–H groups in total. The lowest BCUT2D eigenvalue weighted by Gasteiger charge is -2.33. The fraction of sp³-hybridized carbons (Fsp3) is 0.647. The zero-order valence-corrected chi connectivity index (χ0v) is 14.8. The molecule has 20 heavy (non-hydrogen) atoms. The minimum Gasteiger partial charge on any atom is -0.492 e. The van der Waals surface area contributed by atoms with Gasteiger partial charge in [-0.25, -0.2) is 0 Å². The predicted molar refractivity (Wildman–Crippen MR) is 89.7 cm³/mol.